The lowest BCUT2D eigenvalue weighted by molar-refractivity contribution is -0.145. The summed E-state index contributed by atoms with van der Waals surface area (Å²) in [6.07, 6.45) is 3.26. The van der Waals surface area contributed by atoms with E-state index in [-0.39, 0.29) is 0 Å². The van der Waals surface area contributed by atoms with Crippen molar-refractivity contribution in [2.45, 2.75) is 24.5 Å². The minimum absolute atomic E-state index is 0.350. The lowest BCUT2D eigenvalue weighted by Crippen LogP contribution is -2.41. The Morgan fingerprint density at radius 2 is 2.15 bits per heavy atom. The topological polar surface area (TPSA) is 76.6 Å². The molecule has 1 fully saturated rings. The Morgan fingerprint density at radius 1 is 1.40 bits per heavy atom. The van der Waals surface area contributed by atoms with Crippen LogP contribution in [0.15, 0.2) is 24.4 Å². The molecule has 0 N–H and O–H groups in total. The van der Waals surface area contributed by atoms with Crippen LogP contribution in [-0.4, -0.2) is 38.8 Å². The quantitative estimate of drug-likeness (QED) is 0.780. The minimum atomic E-state index is -3.63. The first-order valence-corrected chi connectivity index (χ1v) is 7.95. The van der Waals surface area contributed by atoms with E-state index in [0.29, 0.717) is 25.1 Å². The van der Waals surface area contributed by atoms with Gasteiger partial charge in [0.15, 0.2) is 0 Å². The summed E-state index contributed by atoms with van der Waals surface area (Å²) in [5.74, 6) is -0.690. The van der Waals surface area contributed by atoms with Gasteiger partial charge in [-0.2, -0.15) is 0 Å². The van der Waals surface area contributed by atoms with Gasteiger partial charge in [0.1, 0.15) is 5.82 Å². The Balaban J connectivity index is 2.28. The summed E-state index contributed by atoms with van der Waals surface area (Å²) >= 11 is 0. The molecule has 1 aliphatic rings. The van der Waals surface area contributed by atoms with E-state index in [1.807, 2.05) is 0 Å². The van der Waals surface area contributed by atoms with Crippen molar-refractivity contribution >= 4 is 21.8 Å². The number of rotatable bonds is 4. The zero-order chi connectivity index (χ0) is 14.8. The Bertz CT molecular complexity index is 573. The molecule has 6 nitrogen and oxygen atoms in total. The molecule has 0 radical (unpaired) electrons. The summed E-state index contributed by atoms with van der Waals surface area (Å²) in [6.45, 7) is 0. The second kappa shape index (κ2) is 5.78. The molecule has 1 aromatic rings. The second-order valence-corrected chi connectivity index (χ2v) is 6.98. The van der Waals surface area contributed by atoms with E-state index in [1.165, 1.54) is 20.4 Å². The fraction of sp³-hybridized carbons (Fsp3) is 0.538. The summed E-state index contributed by atoms with van der Waals surface area (Å²) in [5.41, 5.74) is 0. The van der Waals surface area contributed by atoms with E-state index >= 15 is 0 Å². The van der Waals surface area contributed by atoms with Gasteiger partial charge in [-0.25, -0.2) is 13.4 Å². The fourth-order valence-electron chi connectivity index (χ4n) is 2.58. The second-order valence-electron chi connectivity index (χ2n) is 4.80. The monoisotopic (exact) mass is 298 g/mol. The summed E-state index contributed by atoms with van der Waals surface area (Å²) in [4.78, 5) is 15.7. The first-order valence-electron chi connectivity index (χ1n) is 6.45. The SMILES string of the molecule is COC(=O)C1CCCC1S(=O)(=O)N(C)c1ccccn1. The minimum Gasteiger partial charge on any atom is -0.469 e. The predicted octanol–water partition coefficient (Wildman–Crippen LogP) is 1.19. The highest BCUT2D eigenvalue weighted by Gasteiger charge is 2.44. The average Bonchev–Trinajstić information content (AvgIpc) is 2.96. The largest absolute Gasteiger partial charge is 0.469 e. The maximum absolute atomic E-state index is 12.6. The highest BCUT2D eigenvalue weighted by Crippen LogP contribution is 2.34. The molecule has 110 valence electrons. The van der Waals surface area contributed by atoms with Gasteiger partial charge in [-0.1, -0.05) is 12.5 Å². The molecule has 0 aliphatic heterocycles. The zero-order valence-electron chi connectivity index (χ0n) is 11.5. The van der Waals surface area contributed by atoms with Crippen molar-refractivity contribution in [3.63, 3.8) is 0 Å². The first-order chi connectivity index (χ1) is 9.48. The molecule has 7 heteroatoms. The number of carbonyl (C=O) groups is 1. The number of pyridine rings is 1. The average molecular weight is 298 g/mol. The molecule has 1 aromatic heterocycles. The van der Waals surface area contributed by atoms with E-state index in [9.17, 15) is 13.2 Å². The third kappa shape index (κ3) is 2.63. The molecular formula is C13H18N2O4S. The Hall–Kier alpha value is -1.63. The van der Waals surface area contributed by atoms with Gasteiger partial charge in [0.25, 0.3) is 0 Å². The highest BCUT2D eigenvalue weighted by atomic mass is 32.2. The van der Waals surface area contributed by atoms with Gasteiger partial charge in [-0.15, -0.1) is 0 Å². The molecule has 2 rings (SSSR count). The lowest BCUT2D eigenvalue weighted by atomic mass is 10.1. The van der Waals surface area contributed by atoms with Crippen molar-refractivity contribution < 1.29 is 17.9 Å². The van der Waals surface area contributed by atoms with Crippen molar-refractivity contribution in [3.8, 4) is 0 Å². The Kier molecular flexibility index (Phi) is 4.27. The zero-order valence-corrected chi connectivity index (χ0v) is 12.3. The molecule has 0 aromatic carbocycles. The molecule has 2 unspecified atom stereocenters. The summed E-state index contributed by atoms with van der Waals surface area (Å²) in [6, 6.07) is 5.07. The molecule has 2 atom stereocenters. The number of hydrogen-bond donors (Lipinski definition) is 0. The number of methoxy groups -OCH3 is 1. The van der Waals surface area contributed by atoms with Crippen LogP contribution in [0.3, 0.4) is 0 Å². The van der Waals surface area contributed by atoms with Crippen LogP contribution in [0, 0.1) is 5.92 Å². The molecule has 1 aliphatic carbocycles. The van der Waals surface area contributed by atoms with Gasteiger partial charge in [0.2, 0.25) is 10.0 Å². The molecule has 20 heavy (non-hydrogen) atoms. The number of nitrogens with zero attached hydrogens (tertiary/aromatic N) is 2. The van der Waals surface area contributed by atoms with Crippen LogP contribution in [0.1, 0.15) is 19.3 Å². The third-order valence-electron chi connectivity index (χ3n) is 3.69. The van der Waals surface area contributed by atoms with Crippen LogP contribution < -0.4 is 4.31 Å². The Labute approximate surface area is 118 Å². The molecule has 0 bridgehead atoms. The number of carbonyl (C=O) groups excluding carboxylic acids is 1. The third-order valence-corrected chi connectivity index (χ3v) is 5.97. The molecule has 1 saturated carbocycles. The van der Waals surface area contributed by atoms with E-state index in [1.54, 1.807) is 18.2 Å². The maximum Gasteiger partial charge on any atom is 0.310 e. The first kappa shape index (κ1) is 14.8. The summed E-state index contributed by atoms with van der Waals surface area (Å²) in [7, 11) is -0.879. The lowest BCUT2D eigenvalue weighted by Gasteiger charge is -2.25. The molecule has 0 spiro atoms. The number of anilines is 1. The van der Waals surface area contributed by atoms with E-state index in [2.05, 4.69) is 4.98 Å². The van der Waals surface area contributed by atoms with Crippen molar-refractivity contribution in [3.05, 3.63) is 24.4 Å². The van der Waals surface area contributed by atoms with Crippen LogP contribution >= 0.6 is 0 Å². The van der Waals surface area contributed by atoms with Crippen molar-refractivity contribution in [2.24, 2.45) is 5.92 Å². The normalized spacial score (nSPS) is 22.5. The van der Waals surface area contributed by atoms with Gasteiger partial charge in [0.05, 0.1) is 18.3 Å². The number of hydrogen-bond acceptors (Lipinski definition) is 5. The van der Waals surface area contributed by atoms with Gasteiger partial charge in [0, 0.05) is 13.2 Å². The molecular weight excluding hydrogens is 280 g/mol. The van der Waals surface area contributed by atoms with Crippen molar-refractivity contribution in [2.75, 3.05) is 18.5 Å². The Morgan fingerprint density at radius 3 is 2.75 bits per heavy atom. The molecule has 1 heterocycles. The highest BCUT2D eigenvalue weighted by molar-refractivity contribution is 7.93. The van der Waals surface area contributed by atoms with Crippen LogP contribution in [0.4, 0.5) is 5.82 Å². The van der Waals surface area contributed by atoms with Gasteiger partial charge in [-0.05, 0) is 25.0 Å². The van der Waals surface area contributed by atoms with Crippen LogP contribution in [0.2, 0.25) is 0 Å². The number of ether oxygens (including phenoxy) is 1. The summed E-state index contributed by atoms with van der Waals surface area (Å²) in [5, 5.41) is -0.734. The number of sulfonamides is 1. The van der Waals surface area contributed by atoms with Crippen molar-refractivity contribution in [1.82, 2.24) is 4.98 Å². The smallest absolute Gasteiger partial charge is 0.310 e. The van der Waals surface area contributed by atoms with Crippen LogP contribution in [0.25, 0.3) is 0 Å². The van der Waals surface area contributed by atoms with E-state index in [0.717, 1.165) is 4.31 Å². The van der Waals surface area contributed by atoms with Crippen LogP contribution in [-0.2, 0) is 19.6 Å². The van der Waals surface area contributed by atoms with Gasteiger partial charge >= 0.3 is 5.97 Å². The standard InChI is InChI=1S/C13H18N2O4S/c1-15(12-8-3-4-9-14-12)20(17,18)11-7-5-6-10(11)13(16)19-2/h3-4,8-11H,5-7H2,1-2H3. The maximum atomic E-state index is 12.6. The predicted molar refractivity (Wildman–Crippen MR) is 74.7 cm³/mol. The molecule has 0 saturated heterocycles. The van der Waals surface area contributed by atoms with Crippen LogP contribution in [0.5, 0.6) is 0 Å². The van der Waals surface area contributed by atoms with Gasteiger partial charge in [-0.3, -0.25) is 9.10 Å². The van der Waals surface area contributed by atoms with E-state index < -0.39 is 27.2 Å². The number of aromatic nitrogens is 1. The molecule has 0 amide bonds. The van der Waals surface area contributed by atoms with Gasteiger partial charge < -0.3 is 4.74 Å². The summed E-state index contributed by atoms with van der Waals surface area (Å²) < 4.78 is 31.1. The van der Waals surface area contributed by atoms with Crippen molar-refractivity contribution in [1.29, 1.82) is 0 Å². The fourth-order valence-corrected chi connectivity index (χ4v) is 4.48. The van der Waals surface area contributed by atoms with E-state index in [4.69, 9.17) is 4.74 Å². The number of esters is 1.